The number of methoxy groups -OCH3 is 1. The predicted molar refractivity (Wildman–Crippen MR) is 112 cm³/mol. The van der Waals surface area contributed by atoms with Crippen LogP contribution in [0.5, 0.6) is 11.5 Å². The maximum absolute atomic E-state index is 12.5. The molecule has 8 heteroatoms. The zero-order chi connectivity index (χ0) is 21.7. The Kier molecular flexibility index (Phi) is 6.76. The summed E-state index contributed by atoms with van der Waals surface area (Å²) in [4.78, 5) is 38.3. The van der Waals surface area contributed by atoms with Crippen LogP contribution in [0.4, 0.5) is 0 Å². The zero-order valence-corrected chi connectivity index (χ0v) is 17.5. The lowest BCUT2D eigenvalue weighted by Gasteiger charge is -2.32. The van der Waals surface area contributed by atoms with E-state index in [0.29, 0.717) is 43.0 Å². The Bertz CT molecular complexity index is 977. The average Bonchev–Trinajstić information content (AvgIpc) is 2.76. The Morgan fingerprint density at radius 2 is 1.87 bits per heavy atom. The van der Waals surface area contributed by atoms with Crippen LogP contribution in [-0.4, -0.2) is 54.1 Å². The van der Waals surface area contributed by atoms with Gasteiger partial charge in [0.05, 0.1) is 13.7 Å². The molecule has 1 saturated heterocycles. The molecule has 8 nitrogen and oxygen atoms in total. The van der Waals surface area contributed by atoms with Crippen LogP contribution in [0.25, 0.3) is 0 Å². The number of nitrogens with zero attached hydrogens (tertiary/aromatic N) is 2. The minimum atomic E-state index is -0.318. The molecule has 2 aromatic rings. The number of carbonyl (C=O) groups is 2. The van der Waals surface area contributed by atoms with Crippen LogP contribution in [-0.2, 0) is 11.8 Å². The van der Waals surface area contributed by atoms with E-state index >= 15 is 0 Å². The number of hydrogen-bond donors (Lipinski definition) is 1. The van der Waals surface area contributed by atoms with Gasteiger partial charge in [0.2, 0.25) is 5.91 Å². The van der Waals surface area contributed by atoms with Crippen molar-refractivity contribution in [2.24, 2.45) is 7.05 Å². The summed E-state index contributed by atoms with van der Waals surface area (Å²) in [7, 11) is 3.26. The smallest absolute Gasteiger partial charge is 0.254 e. The first-order chi connectivity index (χ1) is 14.4. The summed E-state index contributed by atoms with van der Waals surface area (Å²) >= 11 is 0. The first kappa shape index (κ1) is 21.4. The fourth-order valence-corrected chi connectivity index (χ4v) is 3.35. The van der Waals surface area contributed by atoms with Crippen LogP contribution in [0.2, 0.25) is 0 Å². The normalized spacial score (nSPS) is 14.3. The first-order valence-corrected chi connectivity index (χ1v) is 9.91. The summed E-state index contributed by atoms with van der Waals surface area (Å²) in [6, 6.07) is 10.1. The molecule has 2 heterocycles. The number of ether oxygens (including phenoxy) is 2. The van der Waals surface area contributed by atoms with E-state index in [-0.39, 0.29) is 30.0 Å². The summed E-state index contributed by atoms with van der Waals surface area (Å²) in [5, 5.41) is 2.66. The number of pyridine rings is 1. The summed E-state index contributed by atoms with van der Waals surface area (Å²) in [5.41, 5.74) is 1.17. The number of rotatable bonds is 6. The Hall–Kier alpha value is -3.29. The molecule has 1 aromatic heterocycles. The topological polar surface area (TPSA) is 89.9 Å². The molecule has 3 rings (SSSR count). The van der Waals surface area contributed by atoms with Crippen molar-refractivity contribution < 1.29 is 19.1 Å². The molecule has 1 aliphatic rings. The van der Waals surface area contributed by atoms with Gasteiger partial charge in [-0.3, -0.25) is 14.4 Å². The van der Waals surface area contributed by atoms with Gasteiger partial charge < -0.3 is 24.3 Å². The van der Waals surface area contributed by atoms with Crippen molar-refractivity contribution >= 4 is 11.8 Å². The van der Waals surface area contributed by atoms with Crippen molar-refractivity contribution in [2.45, 2.75) is 25.9 Å². The van der Waals surface area contributed by atoms with Gasteiger partial charge in [0.1, 0.15) is 17.6 Å². The van der Waals surface area contributed by atoms with Gasteiger partial charge in [-0.1, -0.05) is 6.07 Å². The average molecular weight is 413 g/mol. The van der Waals surface area contributed by atoms with Gasteiger partial charge in [0.25, 0.3) is 11.5 Å². The minimum Gasteiger partial charge on any atom is -0.497 e. The highest BCUT2D eigenvalue weighted by molar-refractivity contribution is 5.96. The molecule has 0 aliphatic carbocycles. The molecule has 0 spiro atoms. The lowest BCUT2D eigenvalue weighted by atomic mass is 10.1. The standard InChI is InChI=1S/C22H27N3O5/c1-15-11-19(13-20(26)24(15)2)30-17-7-9-25(10-8-17)21(27)14-23-22(28)16-5-4-6-18(12-16)29-3/h4-6,11-13,17H,7-10,14H2,1-3H3,(H,23,28). The van der Waals surface area contributed by atoms with Crippen molar-refractivity contribution in [3.05, 3.63) is 58.0 Å². The maximum atomic E-state index is 12.5. The molecule has 1 aromatic carbocycles. The van der Waals surface area contributed by atoms with E-state index in [1.807, 2.05) is 13.0 Å². The van der Waals surface area contributed by atoms with Crippen LogP contribution in [0.3, 0.4) is 0 Å². The molecule has 1 fully saturated rings. The number of amides is 2. The van der Waals surface area contributed by atoms with Crippen molar-refractivity contribution in [1.29, 1.82) is 0 Å². The Labute approximate surface area is 175 Å². The quantitative estimate of drug-likeness (QED) is 0.775. The number of carbonyl (C=O) groups excluding carboxylic acids is 2. The monoisotopic (exact) mass is 413 g/mol. The number of benzene rings is 1. The molecule has 30 heavy (non-hydrogen) atoms. The van der Waals surface area contributed by atoms with Gasteiger partial charge in [-0.15, -0.1) is 0 Å². The first-order valence-electron chi connectivity index (χ1n) is 9.91. The van der Waals surface area contributed by atoms with Gasteiger partial charge in [0, 0.05) is 50.3 Å². The van der Waals surface area contributed by atoms with Crippen molar-refractivity contribution in [3.8, 4) is 11.5 Å². The van der Waals surface area contributed by atoms with Crippen LogP contribution < -0.4 is 20.3 Å². The van der Waals surface area contributed by atoms with Gasteiger partial charge in [0.15, 0.2) is 0 Å². The Morgan fingerprint density at radius 3 is 2.53 bits per heavy atom. The molecule has 0 unspecified atom stereocenters. The molecular weight excluding hydrogens is 386 g/mol. The molecule has 2 amide bonds. The van der Waals surface area contributed by atoms with Gasteiger partial charge in [-0.05, 0) is 31.2 Å². The maximum Gasteiger partial charge on any atom is 0.254 e. The summed E-state index contributed by atoms with van der Waals surface area (Å²) in [6.45, 7) is 2.88. The summed E-state index contributed by atoms with van der Waals surface area (Å²) in [6.07, 6.45) is 1.29. The Balaban J connectivity index is 1.47. The highest BCUT2D eigenvalue weighted by atomic mass is 16.5. The molecule has 0 radical (unpaired) electrons. The lowest BCUT2D eigenvalue weighted by Crippen LogP contribution is -2.46. The van der Waals surface area contributed by atoms with Crippen LogP contribution in [0, 0.1) is 6.92 Å². The van der Waals surface area contributed by atoms with Crippen LogP contribution in [0.15, 0.2) is 41.2 Å². The predicted octanol–water partition coefficient (Wildman–Crippen LogP) is 1.50. The lowest BCUT2D eigenvalue weighted by molar-refractivity contribution is -0.131. The van der Waals surface area contributed by atoms with Crippen molar-refractivity contribution in [1.82, 2.24) is 14.8 Å². The fraction of sp³-hybridized carbons (Fsp3) is 0.409. The third kappa shape index (κ3) is 5.20. The van der Waals surface area contributed by atoms with E-state index < -0.39 is 0 Å². The third-order valence-corrected chi connectivity index (χ3v) is 5.31. The van der Waals surface area contributed by atoms with E-state index in [2.05, 4.69) is 5.32 Å². The zero-order valence-electron chi connectivity index (χ0n) is 17.5. The highest BCUT2D eigenvalue weighted by Gasteiger charge is 2.24. The highest BCUT2D eigenvalue weighted by Crippen LogP contribution is 2.19. The number of aromatic nitrogens is 1. The number of likely N-dealkylation sites (tertiary alicyclic amines) is 1. The largest absolute Gasteiger partial charge is 0.497 e. The minimum absolute atomic E-state index is 0.0491. The van der Waals surface area contributed by atoms with E-state index in [1.54, 1.807) is 40.8 Å². The molecule has 0 atom stereocenters. The summed E-state index contributed by atoms with van der Waals surface area (Å²) in [5.74, 6) is 0.698. The fourth-order valence-electron chi connectivity index (χ4n) is 3.35. The molecule has 0 bridgehead atoms. The van der Waals surface area contributed by atoms with Gasteiger partial charge in [-0.2, -0.15) is 0 Å². The second-order valence-corrected chi connectivity index (χ2v) is 7.34. The van der Waals surface area contributed by atoms with Crippen LogP contribution in [0.1, 0.15) is 28.9 Å². The number of aryl methyl sites for hydroxylation is 1. The molecule has 1 aliphatic heterocycles. The molecule has 160 valence electrons. The second-order valence-electron chi connectivity index (χ2n) is 7.34. The van der Waals surface area contributed by atoms with E-state index in [9.17, 15) is 14.4 Å². The number of nitrogens with one attached hydrogen (secondary N) is 1. The number of piperidine rings is 1. The van der Waals surface area contributed by atoms with E-state index in [4.69, 9.17) is 9.47 Å². The van der Waals surface area contributed by atoms with Gasteiger partial charge >= 0.3 is 0 Å². The Morgan fingerprint density at radius 1 is 1.13 bits per heavy atom. The van der Waals surface area contributed by atoms with Gasteiger partial charge in [-0.25, -0.2) is 0 Å². The SMILES string of the molecule is COc1cccc(C(=O)NCC(=O)N2CCC(Oc3cc(C)n(C)c(=O)c3)CC2)c1. The second kappa shape index (κ2) is 9.47. The molecular formula is C22H27N3O5. The van der Waals surface area contributed by atoms with Crippen molar-refractivity contribution in [2.75, 3.05) is 26.7 Å². The van der Waals surface area contributed by atoms with Crippen LogP contribution >= 0.6 is 0 Å². The number of hydrogen-bond acceptors (Lipinski definition) is 5. The summed E-state index contributed by atoms with van der Waals surface area (Å²) < 4.78 is 12.6. The van der Waals surface area contributed by atoms with Crippen molar-refractivity contribution in [3.63, 3.8) is 0 Å². The third-order valence-electron chi connectivity index (χ3n) is 5.31. The van der Waals surface area contributed by atoms with E-state index in [1.165, 1.54) is 13.2 Å². The van der Waals surface area contributed by atoms with E-state index in [0.717, 1.165) is 5.69 Å². The molecule has 0 saturated carbocycles. The molecule has 1 N–H and O–H groups in total.